The Labute approximate surface area is 214 Å². The molecule has 0 fully saturated rings. The Hall–Kier alpha value is -2.92. The molecule has 0 aliphatic carbocycles. The molecule has 11 heteroatoms. The molecule has 9 nitrogen and oxygen atoms in total. The molecule has 1 aromatic heterocycles. The van der Waals surface area contributed by atoms with Gasteiger partial charge in [-0.05, 0) is 51.5 Å². The van der Waals surface area contributed by atoms with Crippen molar-refractivity contribution in [2.75, 3.05) is 17.6 Å². The van der Waals surface area contributed by atoms with Crippen LogP contribution in [-0.4, -0.2) is 53.6 Å². The van der Waals surface area contributed by atoms with Crippen molar-refractivity contribution < 1.29 is 22.7 Å². The molecule has 0 aliphatic rings. The first-order valence-corrected chi connectivity index (χ1v) is 13.4. The third kappa shape index (κ3) is 5.84. The first-order valence-electron chi connectivity index (χ1n) is 10.8. The van der Waals surface area contributed by atoms with Crippen LogP contribution in [0.4, 0.5) is 10.5 Å². The zero-order chi connectivity index (χ0) is 26.2. The summed E-state index contributed by atoms with van der Waals surface area (Å²) >= 11 is 3.41. The highest BCUT2D eigenvalue weighted by Gasteiger charge is 2.47. The smallest absolute Gasteiger partial charge is 0.408 e. The van der Waals surface area contributed by atoms with Crippen LogP contribution in [0.1, 0.15) is 39.1 Å². The van der Waals surface area contributed by atoms with Crippen molar-refractivity contribution in [3.63, 3.8) is 0 Å². The lowest BCUT2D eigenvalue weighted by atomic mass is 9.87. The predicted octanol–water partition coefficient (Wildman–Crippen LogP) is 5.13. The van der Waals surface area contributed by atoms with E-state index in [2.05, 4.69) is 26.1 Å². The lowest BCUT2D eigenvalue weighted by Gasteiger charge is -2.45. The molecule has 1 heterocycles. The van der Waals surface area contributed by atoms with Crippen LogP contribution in [0.5, 0.6) is 0 Å². The minimum Gasteiger partial charge on any atom is -0.465 e. The fraction of sp³-hybridized carbons (Fsp3) is 0.375. The number of carboxylic acid groups (broad SMARTS) is 1. The molecular formula is C24H29BrN4O5S. The topological polar surface area (TPSA) is 117 Å². The van der Waals surface area contributed by atoms with Crippen LogP contribution >= 0.6 is 15.9 Å². The molecule has 0 saturated heterocycles. The lowest BCUT2D eigenvalue weighted by molar-refractivity contribution is 0.00810. The quantitative estimate of drug-likeness (QED) is 0.422. The number of rotatable bonds is 7. The largest absolute Gasteiger partial charge is 0.465 e. The Morgan fingerprint density at radius 2 is 1.71 bits per heavy atom. The first-order chi connectivity index (χ1) is 16.1. The Balaban J connectivity index is 2.14. The summed E-state index contributed by atoms with van der Waals surface area (Å²) < 4.78 is 31.9. The van der Waals surface area contributed by atoms with Gasteiger partial charge in [-0.25, -0.2) is 13.2 Å². The molecule has 0 radical (unpaired) electrons. The van der Waals surface area contributed by atoms with Crippen molar-refractivity contribution in [3.05, 3.63) is 64.5 Å². The molecule has 2 aromatic carbocycles. The van der Waals surface area contributed by atoms with Crippen LogP contribution in [0.3, 0.4) is 0 Å². The monoisotopic (exact) mass is 564 g/mol. The number of hydrogen-bond donors (Lipinski definition) is 1. The van der Waals surface area contributed by atoms with Crippen molar-refractivity contribution in [1.29, 1.82) is 0 Å². The second kappa shape index (κ2) is 9.62. The summed E-state index contributed by atoms with van der Waals surface area (Å²) in [6.07, 6.45) is 0.301. The second-order valence-corrected chi connectivity index (χ2v) is 12.5. The Bertz CT molecular complexity index is 1320. The maximum atomic E-state index is 12.5. The standard InChI is InChI=1S/C24H29BrN4O5S/c1-23(2,3)29(22(30)31)24(4,15-16-10-8-7-9-11-16)21-27-26-20(34-21)17-12-18(25)14-19(13-17)28(5)35(6,32)33/h7-14H,15H2,1-6H3,(H,30,31)/t24-/m1/s1. The molecule has 3 rings (SSSR count). The number of halogens is 1. The highest BCUT2D eigenvalue weighted by atomic mass is 79.9. The predicted molar refractivity (Wildman–Crippen MR) is 138 cm³/mol. The highest BCUT2D eigenvalue weighted by molar-refractivity contribution is 9.10. The number of anilines is 1. The maximum Gasteiger partial charge on any atom is 0.408 e. The fourth-order valence-electron chi connectivity index (χ4n) is 4.11. The Morgan fingerprint density at radius 3 is 2.26 bits per heavy atom. The lowest BCUT2D eigenvalue weighted by Crippen LogP contribution is -2.57. The zero-order valence-electron chi connectivity index (χ0n) is 20.5. The van der Waals surface area contributed by atoms with E-state index in [4.69, 9.17) is 4.42 Å². The number of carbonyl (C=O) groups is 1. The molecule has 188 valence electrons. The molecule has 35 heavy (non-hydrogen) atoms. The Kier molecular flexibility index (Phi) is 7.33. The first kappa shape index (κ1) is 26.7. The summed E-state index contributed by atoms with van der Waals surface area (Å²) in [5, 5.41) is 18.6. The van der Waals surface area contributed by atoms with Gasteiger partial charge in [-0.15, -0.1) is 10.2 Å². The second-order valence-electron chi connectivity index (χ2n) is 9.57. The molecule has 1 N–H and O–H groups in total. The number of nitrogens with zero attached hydrogens (tertiary/aromatic N) is 4. The third-order valence-corrected chi connectivity index (χ3v) is 7.29. The summed E-state index contributed by atoms with van der Waals surface area (Å²) in [5.74, 6) is 0.273. The molecule has 1 amide bonds. The van der Waals surface area contributed by atoms with Crippen LogP contribution < -0.4 is 4.31 Å². The van der Waals surface area contributed by atoms with Gasteiger partial charge in [0.2, 0.25) is 21.8 Å². The van der Waals surface area contributed by atoms with E-state index in [1.54, 1.807) is 25.1 Å². The van der Waals surface area contributed by atoms with Gasteiger partial charge in [0.15, 0.2) is 0 Å². The van der Waals surface area contributed by atoms with E-state index in [1.807, 2.05) is 51.1 Å². The SMILES string of the molecule is CN(c1cc(Br)cc(-c2nnc([C@@](C)(Cc3ccccc3)N(C(=O)O)C(C)(C)C)o2)c1)S(C)(=O)=O. The minimum absolute atomic E-state index is 0.131. The molecule has 0 bridgehead atoms. The van der Waals surface area contributed by atoms with E-state index in [9.17, 15) is 18.3 Å². The van der Waals surface area contributed by atoms with Crippen LogP contribution in [0.2, 0.25) is 0 Å². The maximum absolute atomic E-state index is 12.5. The van der Waals surface area contributed by atoms with Gasteiger partial charge < -0.3 is 9.52 Å². The third-order valence-electron chi connectivity index (χ3n) is 5.62. The average Bonchev–Trinajstić information content (AvgIpc) is 3.22. The summed E-state index contributed by atoms with van der Waals surface area (Å²) in [6.45, 7) is 7.19. The molecule has 0 spiro atoms. The summed E-state index contributed by atoms with van der Waals surface area (Å²) in [5.41, 5.74) is -0.154. The van der Waals surface area contributed by atoms with Gasteiger partial charge in [0.05, 0.1) is 11.9 Å². The van der Waals surface area contributed by atoms with Gasteiger partial charge in [-0.3, -0.25) is 9.21 Å². The van der Waals surface area contributed by atoms with Crippen molar-refractivity contribution >= 4 is 37.7 Å². The molecule has 0 unspecified atom stereocenters. The fourth-order valence-corrected chi connectivity index (χ4v) is 5.08. The van der Waals surface area contributed by atoms with Crippen molar-refractivity contribution in [1.82, 2.24) is 15.1 Å². The number of benzene rings is 2. The van der Waals surface area contributed by atoms with Gasteiger partial charge in [-0.2, -0.15) is 0 Å². The van der Waals surface area contributed by atoms with Gasteiger partial charge >= 0.3 is 6.09 Å². The van der Waals surface area contributed by atoms with Crippen molar-refractivity contribution in [2.24, 2.45) is 0 Å². The normalized spacial score (nSPS) is 13.8. The van der Waals surface area contributed by atoms with Crippen molar-refractivity contribution in [2.45, 2.75) is 45.2 Å². The average molecular weight is 565 g/mol. The summed E-state index contributed by atoms with van der Waals surface area (Å²) in [4.78, 5) is 13.8. The Morgan fingerprint density at radius 1 is 1.09 bits per heavy atom. The van der Waals surface area contributed by atoms with E-state index in [0.717, 1.165) is 16.1 Å². The van der Waals surface area contributed by atoms with Crippen molar-refractivity contribution in [3.8, 4) is 11.5 Å². The summed E-state index contributed by atoms with van der Waals surface area (Å²) in [7, 11) is -2.04. The molecular weight excluding hydrogens is 536 g/mol. The minimum atomic E-state index is -3.49. The van der Waals surface area contributed by atoms with E-state index in [1.165, 1.54) is 11.9 Å². The summed E-state index contributed by atoms with van der Waals surface area (Å²) in [6, 6.07) is 14.5. The number of hydrogen-bond acceptors (Lipinski definition) is 6. The van der Waals surface area contributed by atoms with Crippen LogP contribution in [-0.2, 0) is 22.0 Å². The van der Waals surface area contributed by atoms with Gasteiger partial charge in [0, 0.05) is 29.0 Å². The van der Waals surface area contributed by atoms with E-state index in [-0.39, 0.29) is 11.8 Å². The van der Waals surface area contributed by atoms with E-state index < -0.39 is 27.2 Å². The van der Waals surface area contributed by atoms with Gasteiger partial charge in [0.25, 0.3) is 0 Å². The highest BCUT2D eigenvalue weighted by Crippen LogP contribution is 2.38. The van der Waals surface area contributed by atoms with Crippen LogP contribution in [0, 0.1) is 0 Å². The van der Waals surface area contributed by atoms with Gasteiger partial charge in [-0.1, -0.05) is 46.3 Å². The molecule has 3 aromatic rings. The number of amides is 1. The molecule has 0 saturated carbocycles. The van der Waals surface area contributed by atoms with Gasteiger partial charge in [0.1, 0.15) is 5.54 Å². The molecule has 1 atom stereocenters. The van der Waals surface area contributed by atoms with Crippen LogP contribution in [0.15, 0.2) is 57.4 Å². The number of aromatic nitrogens is 2. The number of sulfonamides is 1. The van der Waals surface area contributed by atoms with E-state index in [0.29, 0.717) is 22.1 Å². The zero-order valence-corrected chi connectivity index (χ0v) is 22.9. The molecule has 0 aliphatic heterocycles. The van der Waals surface area contributed by atoms with E-state index >= 15 is 0 Å². The van der Waals surface area contributed by atoms with Crippen LogP contribution in [0.25, 0.3) is 11.5 Å².